The minimum Gasteiger partial charge on any atom is -0.507 e. The van der Waals surface area contributed by atoms with Crippen LogP contribution < -0.4 is 0 Å². The second-order valence-electron chi connectivity index (χ2n) is 21.2. The summed E-state index contributed by atoms with van der Waals surface area (Å²) in [6.07, 6.45) is 1.87. The van der Waals surface area contributed by atoms with Gasteiger partial charge in [0.1, 0.15) is 11.6 Å². The van der Waals surface area contributed by atoms with Crippen LogP contribution in [-0.4, -0.2) is 19.6 Å². The molecule has 0 saturated heterocycles. The molecular weight excluding hydrogens is 743 g/mol. The fourth-order valence-corrected chi connectivity index (χ4v) is 8.53. The highest BCUT2D eigenvalue weighted by molar-refractivity contribution is 6.01. The number of hydrogen-bond acceptors (Lipinski definition) is 3. The molecule has 2 aromatic heterocycles. The Morgan fingerprint density at radius 2 is 1.20 bits per heavy atom. The van der Waals surface area contributed by atoms with E-state index in [1.54, 1.807) is 0 Å². The molecule has 0 fully saturated rings. The number of fused-ring (bicyclic) bond motifs is 2. The summed E-state index contributed by atoms with van der Waals surface area (Å²) < 4.78 is 2.26. The molecule has 0 aliphatic carbocycles. The van der Waals surface area contributed by atoms with Gasteiger partial charge in [-0.2, -0.15) is 0 Å². The highest BCUT2D eigenvalue weighted by atomic mass is 16.3. The Morgan fingerprint density at radius 3 is 1.84 bits per heavy atom. The molecule has 0 spiro atoms. The van der Waals surface area contributed by atoms with Crippen molar-refractivity contribution >= 4 is 21.8 Å². The van der Waals surface area contributed by atoms with Crippen LogP contribution in [0.5, 0.6) is 5.75 Å². The maximum Gasteiger partial charge on any atom is 0.149 e. The summed E-state index contributed by atoms with van der Waals surface area (Å²) in [4.78, 5) is 10.2. The van der Waals surface area contributed by atoms with E-state index in [1.165, 1.54) is 38.6 Å². The number of imidazole rings is 1. The quantitative estimate of drug-likeness (QED) is 0.189. The SMILES string of the molecule is Cc1ccnc(-c2cccc(-c3cccc4c3nc(-c3ccc(-c5c(C(C)(C)C)ccc6cc(C(C)(C)C)ccc56)cc3O)n4-c3cc(C(C)(C)C)cc(C(C)(C)C)c3)c2)c1. The minimum atomic E-state index is -0.125. The van der Waals surface area contributed by atoms with Crippen LogP contribution in [0.15, 0.2) is 128 Å². The Labute approximate surface area is 363 Å². The Kier molecular flexibility index (Phi) is 10.2. The molecule has 6 aromatic carbocycles. The third kappa shape index (κ3) is 8.01. The summed E-state index contributed by atoms with van der Waals surface area (Å²) in [6.45, 7) is 29.3. The molecule has 8 rings (SSSR count). The van der Waals surface area contributed by atoms with Crippen molar-refractivity contribution in [1.29, 1.82) is 0 Å². The van der Waals surface area contributed by atoms with Crippen molar-refractivity contribution in [2.45, 2.75) is 112 Å². The molecule has 4 heteroatoms. The smallest absolute Gasteiger partial charge is 0.149 e. The fourth-order valence-electron chi connectivity index (χ4n) is 8.53. The van der Waals surface area contributed by atoms with Gasteiger partial charge in [0.2, 0.25) is 0 Å². The van der Waals surface area contributed by atoms with Gasteiger partial charge in [-0.25, -0.2) is 4.98 Å². The van der Waals surface area contributed by atoms with Crippen LogP contribution >= 0.6 is 0 Å². The molecule has 0 bridgehead atoms. The zero-order chi connectivity index (χ0) is 43.8. The van der Waals surface area contributed by atoms with E-state index in [0.29, 0.717) is 11.4 Å². The van der Waals surface area contributed by atoms with Gasteiger partial charge < -0.3 is 5.11 Å². The van der Waals surface area contributed by atoms with E-state index in [-0.39, 0.29) is 27.4 Å². The molecule has 61 heavy (non-hydrogen) atoms. The molecule has 4 nitrogen and oxygen atoms in total. The number of phenolic OH excluding ortho intramolecular Hbond substituents is 1. The number of hydrogen-bond donors (Lipinski definition) is 1. The Balaban J connectivity index is 1.39. The van der Waals surface area contributed by atoms with E-state index in [4.69, 9.17) is 9.97 Å². The summed E-state index contributed by atoms with van der Waals surface area (Å²) in [5.74, 6) is 0.882. The van der Waals surface area contributed by atoms with Gasteiger partial charge >= 0.3 is 0 Å². The summed E-state index contributed by atoms with van der Waals surface area (Å²) in [7, 11) is 0. The van der Waals surface area contributed by atoms with E-state index in [1.807, 2.05) is 18.3 Å². The maximum absolute atomic E-state index is 12.4. The highest BCUT2D eigenvalue weighted by Gasteiger charge is 2.27. The first-order valence-electron chi connectivity index (χ1n) is 21.7. The summed E-state index contributed by atoms with van der Waals surface area (Å²) in [5.41, 5.74) is 15.7. The number of aromatic nitrogens is 3. The van der Waals surface area contributed by atoms with Gasteiger partial charge in [0.15, 0.2) is 0 Å². The van der Waals surface area contributed by atoms with Crippen LogP contribution in [0.25, 0.3) is 72.4 Å². The fraction of sp³-hybridized carbons (Fsp3) is 0.298. The second-order valence-corrected chi connectivity index (χ2v) is 21.2. The van der Waals surface area contributed by atoms with Gasteiger partial charge in [-0.15, -0.1) is 0 Å². The number of benzene rings is 6. The summed E-state index contributed by atoms with van der Waals surface area (Å²) in [6, 6.07) is 43.7. The summed E-state index contributed by atoms with van der Waals surface area (Å²) >= 11 is 0. The van der Waals surface area contributed by atoms with Gasteiger partial charge in [-0.1, -0.05) is 156 Å². The van der Waals surface area contributed by atoms with Gasteiger partial charge in [0.05, 0.1) is 22.3 Å². The lowest BCUT2D eigenvalue weighted by molar-refractivity contribution is 0.477. The first-order valence-corrected chi connectivity index (χ1v) is 21.7. The second kappa shape index (κ2) is 14.9. The predicted octanol–water partition coefficient (Wildman–Crippen LogP) is 15.4. The van der Waals surface area contributed by atoms with Gasteiger partial charge in [0, 0.05) is 23.0 Å². The molecule has 2 heterocycles. The van der Waals surface area contributed by atoms with Crippen LogP contribution in [0.3, 0.4) is 0 Å². The molecule has 0 radical (unpaired) electrons. The van der Waals surface area contributed by atoms with E-state index in [2.05, 4.69) is 204 Å². The molecule has 0 aliphatic rings. The zero-order valence-corrected chi connectivity index (χ0v) is 38.4. The van der Waals surface area contributed by atoms with Crippen molar-refractivity contribution in [3.05, 3.63) is 155 Å². The van der Waals surface area contributed by atoms with Crippen LogP contribution in [0.4, 0.5) is 0 Å². The Hall–Kier alpha value is -6.00. The number of nitrogens with zero attached hydrogens (tertiary/aromatic N) is 3. The lowest BCUT2D eigenvalue weighted by Crippen LogP contribution is -2.17. The van der Waals surface area contributed by atoms with Crippen molar-refractivity contribution in [3.8, 4) is 56.3 Å². The average molecular weight is 804 g/mol. The molecular formula is C57H61N3O. The molecule has 1 N–H and O–H groups in total. The molecule has 0 saturated carbocycles. The molecule has 0 atom stereocenters. The highest BCUT2D eigenvalue weighted by Crippen LogP contribution is 2.44. The number of rotatable bonds is 5. The molecule has 8 aromatic rings. The van der Waals surface area contributed by atoms with Crippen LogP contribution in [0.2, 0.25) is 0 Å². The summed E-state index contributed by atoms with van der Waals surface area (Å²) in [5, 5.41) is 14.8. The van der Waals surface area contributed by atoms with Gasteiger partial charge in [-0.05, 0) is 132 Å². The lowest BCUT2D eigenvalue weighted by atomic mass is 9.78. The molecule has 0 unspecified atom stereocenters. The largest absolute Gasteiger partial charge is 0.507 e. The number of aromatic hydroxyl groups is 1. The maximum atomic E-state index is 12.4. The molecule has 0 amide bonds. The number of pyridine rings is 1. The topological polar surface area (TPSA) is 50.9 Å². The van der Waals surface area contributed by atoms with Gasteiger partial charge in [0.25, 0.3) is 0 Å². The van der Waals surface area contributed by atoms with Gasteiger partial charge in [-0.3, -0.25) is 9.55 Å². The van der Waals surface area contributed by atoms with Crippen molar-refractivity contribution in [3.63, 3.8) is 0 Å². The third-order valence-corrected chi connectivity index (χ3v) is 12.2. The van der Waals surface area contributed by atoms with E-state index in [9.17, 15) is 5.11 Å². The average Bonchev–Trinajstić information content (AvgIpc) is 3.58. The number of para-hydroxylation sites is 1. The standard InChI is InChI=1S/C57H61N3O/c1-35-26-27-58-48(28-35)38-17-14-16-36(29-38)45-18-15-19-49-52(45)59-53(60(49)43-33-41(55(5,6)7)32-42(34-43)56(8,9)10)46-23-20-39(31-50(46)61)51-44-24-22-40(54(2,3)4)30-37(44)21-25-47(51)57(11,12)13/h14-34,61H,1-13H3. The lowest BCUT2D eigenvalue weighted by Gasteiger charge is -2.27. The van der Waals surface area contributed by atoms with Crippen molar-refractivity contribution in [1.82, 2.24) is 14.5 Å². The normalized spacial score (nSPS) is 12.7. The van der Waals surface area contributed by atoms with E-state index >= 15 is 0 Å². The van der Waals surface area contributed by atoms with Crippen molar-refractivity contribution in [2.24, 2.45) is 0 Å². The van der Waals surface area contributed by atoms with Crippen LogP contribution in [-0.2, 0) is 21.7 Å². The zero-order valence-electron chi connectivity index (χ0n) is 38.4. The monoisotopic (exact) mass is 803 g/mol. The van der Waals surface area contributed by atoms with Crippen molar-refractivity contribution in [2.75, 3.05) is 0 Å². The molecule has 0 aliphatic heterocycles. The van der Waals surface area contributed by atoms with Crippen molar-refractivity contribution < 1.29 is 5.11 Å². The van der Waals surface area contributed by atoms with E-state index < -0.39 is 0 Å². The van der Waals surface area contributed by atoms with E-state index in [0.717, 1.165) is 50.2 Å². The number of aryl methyl sites for hydroxylation is 1. The first kappa shape index (κ1) is 41.7. The number of phenols is 1. The van der Waals surface area contributed by atoms with Crippen LogP contribution in [0, 0.1) is 6.92 Å². The third-order valence-electron chi connectivity index (χ3n) is 12.2. The predicted molar refractivity (Wildman–Crippen MR) is 259 cm³/mol. The molecule has 310 valence electrons. The first-order chi connectivity index (χ1) is 28.6. The minimum absolute atomic E-state index is 0.0311. The Bertz CT molecular complexity index is 2940. The van der Waals surface area contributed by atoms with Crippen LogP contribution in [0.1, 0.15) is 111 Å². The Morgan fingerprint density at radius 1 is 0.525 bits per heavy atom.